The van der Waals surface area contributed by atoms with Gasteiger partial charge in [0.1, 0.15) is 6.04 Å². The van der Waals surface area contributed by atoms with E-state index in [2.05, 4.69) is 11.9 Å². The van der Waals surface area contributed by atoms with Crippen LogP contribution in [0.15, 0.2) is 43.0 Å². The summed E-state index contributed by atoms with van der Waals surface area (Å²) < 4.78 is 0. The molecule has 0 fully saturated rings. The van der Waals surface area contributed by atoms with E-state index in [1.807, 2.05) is 30.3 Å². The van der Waals surface area contributed by atoms with E-state index in [1.165, 1.54) is 5.56 Å². The van der Waals surface area contributed by atoms with Gasteiger partial charge in [0.05, 0.1) is 0 Å². The highest BCUT2D eigenvalue weighted by atomic mass is 16.4. The second-order valence-corrected chi connectivity index (χ2v) is 4.66. The maximum Gasteiger partial charge on any atom is 0.326 e. The van der Waals surface area contributed by atoms with E-state index in [9.17, 15) is 9.59 Å². The summed E-state index contributed by atoms with van der Waals surface area (Å²) in [7, 11) is 0. The van der Waals surface area contributed by atoms with Crippen LogP contribution >= 0.6 is 0 Å². The molecule has 0 spiro atoms. The summed E-state index contributed by atoms with van der Waals surface area (Å²) in [6.45, 7) is 3.55. The topological polar surface area (TPSA) is 66.4 Å². The molecule has 0 saturated heterocycles. The number of carbonyl (C=O) groups is 2. The first-order chi connectivity index (χ1) is 9.63. The number of aliphatic carboxylic acids is 1. The molecule has 0 bridgehead atoms. The van der Waals surface area contributed by atoms with Crippen LogP contribution in [0.3, 0.4) is 0 Å². The van der Waals surface area contributed by atoms with Crippen molar-refractivity contribution >= 4 is 11.9 Å². The highest BCUT2D eigenvalue weighted by Gasteiger charge is 2.18. The van der Waals surface area contributed by atoms with Crippen LogP contribution in [-0.4, -0.2) is 23.0 Å². The minimum absolute atomic E-state index is 0.211. The van der Waals surface area contributed by atoms with Crippen molar-refractivity contribution in [1.82, 2.24) is 5.32 Å². The molecule has 0 saturated carbocycles. The van der Waals surface area contributed by atoms with Gasteiger partial charge in [-0.3, -0.25) is 4.79 Å². The van der Waals surface area contributed by atoms with Crippen molar-refractivity contribution in [3.63, 3.8) is 0 Å². The van der Waals surface area contributed by atoms with Crippen molar-refractivity contribution in [3.8, 4) is 0 Å². The molecule has 0 aromatic heterocycles. The predicted octanol–water partition coefficient (Wildman–Crippen LogP) is 2.54. The lowest BCUT2D eigenvalue weighted by Gasteiger charge is -2.13. The van der Waals surface area contributed by atoms with Gasteiger partial charge in [-0.1, -0.05) is 36.4 Å². The molecule has 0 aliphatic heterocycles. The number of nitrogens with one attached hydrogen (secondary N) is 1. The third-order valence-corrected chi connectivity index (χ3v) is 3.00. The molecule has 1 aromatic rings. The van der Waals surface area contributed by atoms with Gasteiger partial charge in [0.2, 0.25) is 5.91 Å². The molecular formula is C16H21NO3. The SMILES string of the molecule is C=CCCC(NC(=O)CCCc1ccccc1)C(=O)O. The maximum atomic E-state index is 11.7. The smallest absolute Gasteiger partial charge is 0.326 e. The van der Waals surface area contributed by atoms with Crippen molar-refractivity contribution in [2.24, 2.45) is 0 Å². The molecule has 0 aliphatic carbocycles. The van der Waals surface area contributed by atoms with Gasteiger partial charge in [0, 0.05) is 6.42 Å². The molecule has 4 nitrogen and oxygen atoms in total. The fourth-order valence-electron chi connectivity index (χ4n) is 1.91. The molecule has 1 amide bonds. The van der Waals surface area contributed by atoms with Gasteiger partial charge in [-0.2, -0.15) is 0 Å². The summed E-state index contributed by atoms with van der Waals surface area (Å²) in [5, 5.41) is 11.6. The lowest BCUT2D eigenvalue weighted by Crippen LogP contribution is -2.40. The van der Waals surface area contributed by atoms with Crippen molar-refractivity contribution in [2.75, 3.05) is 0 Å². The minimum atomic E-state index is -0.997. The van der Waals surface area contributed by atoms with Gasteiger partial charge >= 0.3 is 5.97 Å². The lowest BCUT2D eigenvalue weighted by atomic mass is 10.1. The third kappa shape index (κ3) is 6.18. The van der Waals surface area contributed by atoms with E-state index in [0.29, 0.717) is 25.7 Å². The van der Waals surface area contributed by atoms with E-state index < -0.39 is 12.0 Å². The van der Waals surface area contributed by atoms with Crippen LogP contribution in [0, 0.1) is 0 Å². The highest BCUT2D eigenvalue weighted by Crippen LogP contribution is 2.05. The summed E-state index contributed by atoms with van der Waals surface area (Å²) >= 11 is 0. The van der Waals surface area contributed by atoms with Crippen LogP contribution in [0.1, 0.15) is 31.2 Å². The molecule has 1 atom stereocenters. The predicted molar refractivity (Wildman–Crippen MR) is 78.4 cm³/mol. The standard InChI is InChI=1S/C16H21NO3/c1-2-3-11-14(16(19)20)17-15(18)12-7-10-13-8-5-4-6-9-13/h2,4-6,8-9,14H,1,3,7,10-12H2,(H,17,18)(H,19,20). The minimum Gasteiger partial charge on any atom is -0.480 e. The molecule has 0 radical (unpaired) electrons. The molecule has 4 heteroatoms. The Morgan fingerprint density at radius 3 is 2.60 bits per heavy atom. The average Bonchev–Trinajstić information content (AvgIpc) is 2.44. The molecule has 20 heavy (non-hydrogen) atoms. The monoisotopic (exact) mass is 275 g/mol. The quantitative estimate of drug-likeness (QED) is 0.681. The Morgan fingerprint density at radius 2 is 2.00 bits per heavy atom. The van der Waals surface area contributed by atoms with Crippen molar-refractivity contribution in [2.45, 2.75) is 38.1 Å². The van der Waals surface area contributed by atoms with E-state index in [4.69, 9.17) is 5.11 Å². The Kier molecular flexibility index (Phi) is 7.11. The molecule has 1 unspecified atom stereocenters. The Balaban J connectivity index is 2.31. The van der Waals surface area contributed by atoms with Gasteiger partial charge in [0.25, 0.3) is 0 Å². The first kappa shape index (κ1) is 16.0. The molecule has 1 rings (SSSR count). The van der Waals surface area contributed by atoms with Gasteiger partial charge in [-0.25, -0.2) is 4.79 Å². The van der Waals surface area contributed by atoms with Crippen LogP contribution < -0.4 is 5.32 Å². The zero-order valence-corrected chi connectivity index (χ0v) is 11.5. The molecule has 0 heterocycles. The summed E-state index contributed by atoms with van der Waals surface area (Å²) in [5.74, 6) is -1.21. The number of rotatable bonds is 9. The number of hydrogen-bond donors (Lipinski definition) is 2. The number of hydrogen-bond acceptors (Lipinski definition) is 2. The van der Waals surface area contributed by atoms with Gasteiger partial charge in [-0.15, -0.1) is 6.58 Å². The molecule has 1 aromatic carbocycles. The Hall–Kier alpha value is -2.10. The number of aryl methyl sites for hydroxylation is 1. The number of carboxylic acid groups (broad SMARTS) is 1. The maximum absolute atomic E-state index is 11.7. The zero-order chi connectivity index (χ0) is 14.8. The normalized spacial score (nSPS) is 11.6. The molecule has 0 aliphatic rings. The van der Waals surface area contributed by atoms with Crippen molar-refractivity contribution < 1.29 is 14.7 Å². The Bertz CT molecular complexity index is 442. The number of carboxylic acids is 1. The first-order valence-corrected chi connectivity index (χ1v) is 6.80. The van der Waals surface area contributed by atoms with Gasteiger partial charge in [-0.05, 0) is 31.2 Å². The lowest BCUT2D eigenvalue weighted by molar-refractivity contribution is -0.142. The van der Waals surface area contributed by atoms with E-state index in [1.54, 1.807) is 6.08 Å². The highest BCUT2D eigenvalue weighted by molar-refractivity contribution is 5.83. The number of benzene rings is 1. The summed E-state index contributed by atoms with van der Waals surface area (Å²) in [6.07, 6.45) is 4.47. The van der Waals surface area contributed by atoms with Gasteiger partial charge < -0.3 is 10.4 Å². The molecule has 2 N–H and O–H groups in total. The fraction of sp³-hybridized carbons (Fsp3) is 0.375. The van der Waals surface area contributed by atoms with E-state index in [0.717, 1.165) is 6.42 Å². The first-order valence-electron chi connectivity index (χ1n) is 6.80. The number of allylic oxidation sites excluding steroid dienone is 1. The van der Waals surface area contributed by atoms with E-state index in [-0.39, 0.29) is 5.91 Å². The van der Waals surface area contributed by atoms with Gasteiger partial charge in [0.15, 0.2) is 0 Å². The average molecular weight is 275 g/mol. The fourth-order valence-corrected chi connectivity index (χ4v) is 1.91. The van der Waals surface area contributed by atoms with Crippen molar-refractivity contribution in [3.05, 3.63) is 48.6 Å². The van der Waals surface area contributed by atoms with Crippen LogP contribution in [0.2, 0.25) is 0 Å². The second-order valence-electron chi connectivity index (χ2n) is 4.66. The summed E-state index contributed by atoms with van der Waals surface area (Å²) in [4.78, 5) is 22.7. The zero-order valence-electron chi connectivity index (χ0n) is 11.5. The van der Waals surface area contributed by atoms with Crippen LogP contribution in [0.5, 0.6) is 0 Å². The number of amides is 1. The third-order valence-electron chi connectivity index (χ3n) is 3.00. The number of carbonyl (C=O) groups excluding carboxylic acids is 1. The van der Waals surface area contributed by atoms with E-state index >= 15 is 0 Å². The second kappa shape index (κ2) is 8.91. The van der Waals surface area contributed by atoms with Crippen molar-refractivity contribution in [1.29, 1.82) is 0 Å². The molecule has 108 valence electrons. The van der Waals surface area contributed by atoms with Crippen LogP contribution in [-0.2, 0) is 16.0 Å². The Morgan fingerprint density at radius 1 is 1.30 bits per heavy atom. The summed E-state index contributed by atoms with van der Waals surface area (Å²) in [6, 6.07) is 9.09. The largest absolute Gasteiger partial charge is 0.480 e. The van der Waals surface area contributed by atoms with Crippen LogP contribution in [0.4, 0.5) is 0 Å². The van der Waals surface area contributed by atoms with Crippen LogP contribution in [0.25, 0.3) is 0 Å². The molecular weight excluding hydrogens is 254 g/mol. The Labute approximate surface area is 119 Å². The summed E-state index contributed by atoms with van der Waals surface area (Å²) in [5.41, 5.74) is 1.18.